The lowest BCUT2D eigenvalue weighted by molar-refractivity contribution is 0.158. The quantitative estimate of drug-likeness (QED) is 0.298. The summed E-state index contributed by atoms with van der Waals surface area (Å²) in [6.07, 6.45) is 5.07. The number of nitrogens with zero attached hydrogens (tertiary/aromatic N) is 3. The first-order chi connectivity index (χ1) is 14.7. The van der Waals surface area contributed by atoms with Gasteiger partial charge in [0.1, 0.15) is 0 Å². The van der Waals surface area contributed by atoms with Crippen LogP contribution in [0.15, 0.2) is 53.7 Å². The predicted molar refractivity (Wildman–Crippen MR) is 138 cm³/mol. The molecule has 0 amide bonds. The maximum atomic E-state index is 5.54. The zero-order valence-corrected chi connectivity index (χ0v) is 21.2. The van der Waals surface area contributed by atoms with E-state index in [9.17, 15) is 0 Å². The first-order valence-electron chi connectivity index (χ1n) is 11.0. The molecule has 0 radical (unpaired) electrons. The Morgan fingerprint density at radius 1 is 1.19 bits per heavy atom. The van der Waals surface area contributed by atoms with E-state index < -0.39 is 0 Å². The summed E-state index contributed by atoms with van der Waals surface area (Å²) in [7, 11) is 1.82. The van der Waals surface area contributed by atoms with Crippen LogP contribution in [0.25, 0.3) is 0 Å². The molecule has 1 aliphatic rings. The van der Waals surface area contributed by atoms with Crippen molar-refractivity contribution in [3.05, 3.63) is 59.8 Å². The lowest BCUT2D eigenvalue weighted by Crippen LogP contribution is -2.48. The number of nitrogens with one attached hydrogen (secondary N) is 2. The van der Waals surface area contributed by atoms with Gasteiger partial charge in [0.15, 0.2) is 5.96 Å². The summed E-state index contributed by atoms with van der Waals surface area (Å²) >= 11 is 0. The number of ether oxygens (including phenoxy) is 1. The smallest absolute Gasteiger partial charge is 0.213 e. The van der Waals surface area contributed by atoms with E-state index >= 15 is 0 Å². The number of likely N-dealkylation sites (tertiary alicyclic amines) is 1. The van der Waals surface area contributed by atoms with E-state index in [-0.39, 0.29) is 24.0 Å². The zero-order valence-electron chi connectivity index (χ0n) is 18.9. The van der Waals surface area contributed by atoms with Crippen LogP contribution in [0.5, 0.6) is 5.88 Å². The van der Waals surface area contributed by atoms with Gasteiger partial charge in [0.2, 0.25) is 5.88 Å². The molecule has 0 saturated carbocycles. The number of hydrogen-bond acceptors (Lipinski definition) is 4. The Bertz CT molecular complexity index is 776. The second-order valence-electron chi connectivity index (χ2n) is 7.82. The molecular weight excluding hydrogens is 501 g/mol. The first-order valence-corrected chi connectivity index (χ1v) is 11.0. The van der Waals surface area contributed by atoms with Gasteiger partial charge in [-0.05, 0) is 37.3 Å². The number of guanidine groups is 1. The van der Waals surface area contributed by atoms with Gasteiger partial charge in [-0.2, -0.15) is 0 Å². The molecule has 170 valence electrons. The van der Waals surface area contributed by atoms with Gasteiger partial charge in [-0.1, -0.05) is 43.3 Å². The van der Waals surface area contributed by atoms with Crippen molar-refractivity contribution < 1.29 is 4.74 Å². The van der Waals surface area contributed by atoms with Crippen LogP contribution in [-0.2, 0) is 6.54 Å². The van der Waals surface area contributed by atoms with Crippen LogP contribution < -0.4 is 15.4 Å². The highest BCUT2D eigenvalue weighted by molar-refractivity contribution is 14.0. The van der Waals surface area contributed by atoms with E-state index in [0.717, 1.165) is 43.9 Å². The number of rotatable bonds is 8. The van der Waals surface area contributed by atoms with Crippen LogP contribution in [0.3, 0.4) is 0 Å². The molecule has 1 fully saturated rings. The summed E-state index contributed by atoms with van der Waals surface area (Å²) in [5, 5.41) is 6.98. The number of benzene rings is 1. The highest BCUT2D eigenvalue weighted by atomic mass is 127. The van der Waals surface area contributed by atoms with Crippen LogP contribution in [0.4, 0.5) is 0 Å². The topological polar surface area (TPSA) is 61.8 Å². The molecule has 1 saturated heterocycles. The average molecular weight is 537 g/mol. The van der Waals surface area contributed by atoms with Crippen LogP contribution in [0.2, 0.25) is 0 Å². The van der Waals surface area contributed by atoms with Crippen LogP contribution in [0, 0.1) is 0 Å². The van der Waals surface area contributed by atoms with Crippen molar-refractivity contribution in [3.63, 3.8) is 0 Å². The Labute approximate surface area is 203 Å². The third kappa shape index (κ3) is 7.96. The van der Waals surface area contributed by atoms with Gasteiger partial charge in [-0.3, -0.25) is 9.89 Å². The highest BCUT2D eigenvalue weighted by Crippen LogP contribution is 2.24. The standard InChI is InChI=1S/C24H35N5O.HI/c1-4-16-30-23-11-10-20(17-26-23)18-27-24(25-3)28-22-12-14-29(15-13-22)19(2)21-8-6-5-7-9-21;/h5-11,17,19,22H,4,12-16,18H2,1-3H3,(H2,25,27,28);1H. The molecule has 31 heavy (non-hydrogen) atoms. The van der Waals surface area contributed by atoms with Gasteiger partial charge in [0.05, 0.1) is 6.61 Å². The molecule has 7 heteroatoms. The third-order valence-electron chi connectivity index (χ3n) is 5.64. The lowest BCUT2D eigenvalue weighted by atomic mass is 10.0. The molecule has 1 aromatic heterocycles. The molecule has 1 unspecified atom stereocenters. The van der Waals surface area contributed by atoms with Gasteiger partial charge >= 0.3 is 0 Å². The normalized spacial score (nSPS) is 16.3. The van der Waals surface area contributed by atoms with E-state index in [0.29, 0.717) is 31.1 Å². The van der Waals surface area contributed by atoms with Crippen LogP contribution in [-0.4, -0.2) is 48.6 Å². The van der Waals surface area contributed by atoms with Crippen molar-refractivity contribution in [2.24, 2.45) is 4.99 Å². The minimum atomic E-state index is 0. The van der Waals surface area contributed by atoms with Gasteiger partial charge in [0.25, 0.3) is 0 Å². The molecule has 2 aromatic rings. The van der Waals surface area contributed by atoms with Crippen LogP contribution in [0.1, 0.15) is 50.3 Å². The Balaban J connectivity index is 0.00000341. The second kappa shape index (κ2) is 13.5. The minimum Gasteiger partial charge on any atom is -0.478 e. The fraction of sp³-hybridized carbons (Fsp3) is 0.500. The summed E-state index contributed by atoms with van der Waals surface area (Å²) in [5.74, 6) is 1.52. The van der Waals surface area contributed by atoms with Crippen molar-refractivity contribution in [2.75, 3.05) is 26.7 Å². The monoisotopic (exact) mass is 537 g/mol. The fourth-order valence-electron chi connectivity index (χ4n) is 3.75. The molecule has 2 heterocycles. The van der Waals surface area contributed by atoms with E-state index in [2.05, 4.69) is 69.7 Å². The third-order valence-corrected chi connectivity index (χ3v) is 5.64. The number of pyridine rings is 1. The van der Waals surface area contributed by atoms with Crippen molar-refractivity contribution in [2.45, 2.75) is 51.7 Å². The van der Waals surface area contributed by atoms with E-state index in [1.807, 2.05) is 25.4 Å². The summed E-state index contributed by atoms with van der Waals surface area (Å²) < 4.78 is 5.54. The molecule has 6 nitrogen and oxygen atoms in total. The maximum Gasteiger partial charge on any atom is 0.213 e. The SMILES string of the molecule is CCCOc1ccc(CNC(=NC)NC2CCN(C(C)c3ccccc3)CC2)cn1.I. The Hall–Kier alpha value is -1.87. The molecule has 2 N–H and O–H groups in total. The largest absolute Gasteiger partial charge is 0.478 e. The molecule has 0 bridgehead atoms. The predicted octanol–water partition coefficient (Wildman–Crippen LogP) is 4.38. The number of aromatic nitrogens is 1. The van der Waals surface area contributed by atoms with Gasteiger partial charge < -0.3 is 15.4 Å². The zero-order chi connectivity index (χ0) is 21.2. The van der Waals surface area contributed by atoms with Crippen molar-refractivity contribution >= 4 is 29.9 Å². The Kier molecular flexibility index (Phi) is 11.1. The Morgan fingerprint density at radius 2 is 1.94 bits per heavy atom. The van der Waals surface area contributed by atoms with E-state index in [1.165, 1.54) is 5.56 Å². The minimum absolute atomic E-state index is 0. The highest BCUT2D eigenvalue weighted by Gasteiger charge is 2.23. The van der Waals surface area contributed by atoms with E-state index in [1.54, 1.807) is 0 Å². The molecule has 1 aliphatic heterocycles. The van der Waals surface area contributed by atoms with Crippen molar-refractivity contribution in [1.29, 1.82) is 0 Å². The summed E-state index contributed by atoms with van der Waals surface area (Å²) in [6, 6.07) is 15.6. The fourth-order valence-corrected chi connectivity index (χ4v) is 3.75. The number of aliphatic imine (C=N–C) groups is 1. The maximum absolute atomic E-state index is 5.54. The van der Waals surface area contributed by atoms with Gasteiger partial charge in [-0.15, -0.1) is 24.0 Å². The van der Waals surface area contributed by atoms with Crippen LogP contribution >= 0.6 is 24.0 Å². The molecule has 1 atom stereocenters. The molecule has 0 aliphatic carbocycles. The van der Waals surface area contributed by atoms with Crippen molar-refractivity contribution in [3.8, 4) is 5.88 Å². The first kappa shape index (κ1) is 25.4. The van der Waals surface area contributed by atoms with Gasteiger partial charge in [-0.25, -0.2) is 4.98 Å². The summed E-state index contributed by atoms with van der Waals surface area (Å²) in [5.41, 5.74) is 2.49. The second-order valence-corrected chi connectivity index (χ2v) is 7.82. The number of piperidine rings is 1. The number of halogens is 1. The lowest BCUT2D eigenvalue weighted by Gasteiger charge is -2.37. The Morgan fingerprint density at radius 3 is 2.55 bits per heavy atom. The van der Waals surface area contributed by atoms with Gasteiger partial charge in [0, 0.05) is 51.0 Å². The molecule has 0 spiro atoms. The summed E-state index contributed by atoms with van der Waals surface area (Å²) in [6.45, 7) is 7.96. The summed E-state index contributed by atoms with van der Waals surface area (Å²) in [4.78, 5) is 11.3. The van der Waals surface area contributed by atoms with Crippen molar-refractivity contribution in [1.82, 2.24) is 20.5 Å². The molecule has 1 aromatic carbocycles. The number of hydrogen-bond donors (Lipinski definition) is 2. The van der Waals surface area contributed by atoms with E-state index in [4.69, 9.17) is 4.74 Å². The average Bonchev–Trinajstić information content (AvgIpc) is 2.81. The molecule has 3 rings (SSSR count). The molecular formula is C24H36IN5O.